The first-order valence-corrected chi connectivity index (χ1v) is 5.06. The van der Waals surface area contributed by atoms with Gasteiger partial charge in [0.25, 0.3) is 0 Å². The quantitative estimate of drug-likeness (QED) is 0.651. The van der Waals surface area contributed by atoms with E-state index in [1.165, 1.54) is 18.2 Å². The molecule has 0 atom stereocenters. The van der Waals surface area contributed by atoms with Gasteiger partial charge in [-0.15, -0.1) is 0 Å². The van der Waals surface area contributed by atoms with Crippen LogP contribution in [0, 0.1) is 5.82 Å². The van der Waals surface area contributed by atoms with E-state index in [9.17, 15) is 14.0 Å². The predicted molar refractivity (Wildman–Crippen MR) is 60.3 cm³/mol. The molecule has 0 saturated carbocycles. The lowest BCUT2D eigenvalue weighted by Gasteiger charge is -2.09. The number of carboxylic acid groups (broad SMARTS) is 1. The molecule has 1 rings (SSSR count). The molecule has 92 valence electrons. The summed E-state index contributed by atoms with van der Waals surface area (Å²) in [4.78, 5) is 21.3. The molecule has 1 amide bonds. The molecule has 0 bridgehead atoms. The van der Waals surface area contributed by atoms with Crippen molar-refractivity contribution < 1.29 is 19.1 Å². The second-order valence-corrected chi connectivity index (χ2v) is 3.46. The van der Waals surface area contributed by atoms with Gasteiger partial charge in [0.2, 0.25) is 5.91 Å². The number of hydrogen-bond donors (Lipinski definition) is 3. The zero-order chi connectivity index (χ0) is 12.8. The second-order valence-electron chi connectivity index (χ2n) is 3.46. The highest BCUT2D eigenvalue weighted by Crippen LogP contribution is 2.19. The Balaban J connectivity index is 2.69. The van der Waals surface area contributed by atoms with E-state index in [0.29, 0.717) is 6.42 Å². The lowest BCUT2D eigenvalue weighted by atomic mass is 10.1. The fourth-order valence-electron chi connectivity index (χ4n) is 1.36. The number of nitrogens with two attached hydrogens (primary N) is 1. The van der Waals surface area contributed by atoms with E-state index in [-0.39, 0.29) is 24.2 Å². The molecule has 1 aromatic carbocycles. The molecule has 0 radical (unpaired) electrons. The number of aromatic carboxylic acids is 1. The Bertz CT molecular complexity index is 435. The van der Waals surface area contributed by atoms with Gasteiger partial charge in [0, 0.05) is 13.0 Å². The summed E-state index contributed by atoms with van der Waals surface area (Å²) in [7, 11) is 0. The van der Waals surface area contributed by atoms with Crippen LogP contribution in [0.15, 0.2) is 18.2 Å². The number of carbonyl (C=O) groups is 2. The van der Waals surface area contributed by atoms with Crippen molar-refractivity contribution in [1.82, 2.24) is 0 Å². The fourth-order valence-corrected chi connectivity index (χ4v) is 1.36. The summed E-state index contributed by atoms with van der Waals surface area (Å²) < 4.78 is 13.4. The van der Waals surface area contributed by atoms with Crippen molar-refractivity contribution in [1.29, 1.82) is 0 Å². The van der Waals surface area contributed by atoms with E-state index in [1.54, 1.807) is 0 Å². The van der Waals surface area contributed by atoms with Crippen LogP contribution in [0.25, 0.3) is 0 Å². The average molecular weight is 240 g/mol. The molecule has 0 fully saturated rings. The monoisotopic (exact) mass is 240 g/mol. The van der Waals surface area contributed by atoms with Crippen LogP contribution in [0.3, 0.4) is 0 Å². The molecule has 5 nitrogen and oxygen atoms in total. The van der Waals surface area contributed by atoms with Crippen LogP contribution < -0.4 is 11.1 Å². The first kappa shape index (κ1) is 13.0. The van der Waals surface area contributed by atoms with Gasteiger partial charge >= 0.3 is 5.97 Å². The Kier molecular flexibility index (Phi) is 4.45. The van der Waals surface area contributed by atoms with E-state index in [1.807, 2.05) is 0 Å². The minimum Gasteiger partial charge on any atom is -0.478 e. The van der Waals surface area contributed by atoms with Gasteiger partial charge in [-0.25, -0.2) is 9.18 Å². The molecule has 4 N–H and O–H groups in total. The number of para-hydroxylation sites is 1. The van der Waals surface area contributed by atoms with Crippen molar-refractivity contribution in [2.45, 2.75) is 12.8 Å². The second kappa shape index (κ2) is 5.83. The maximum absolute atomic E-state index is 13.4. The zero-order valence-electron chi connectivity index (χ0n) is 9.07. The van der Waals surface area contributed by atoms with Crippen molar-refractivity contribution >= 4 is 17.6 Å². The predicted octanol–water partition coefficient (Wildman–Crippen LogP) is 1.20. The highest BCUT2D eigenvalue weighted by atomic mass is 19.1. The maximum Gasteiger partial charge on any atom is 0.337 e. The minimum absolute atomic E-state index is 0.0653. The summed E-state index contributed by atoms with van der Waals surface area (Å²) in [6.07, 6.45) is 0.590. The molecule has 6 heteroatoms. The van der Waals surface area contributed by atoms with Gasteiger partial charge in [0.05, 0.1) is 11.3 Å². The number of rotatable bonds is 6. The van der Waals surface area contributed by atoms with E-state index in [0.717, 1.165) is 0 Å². The van der Waals surface area contributed by atoms with E-state index >= 15 is 0 Å². The van der Waals surface area contributed by atoms with Crippen molar-refractivity contribution in [3.63, 3.8) is 0 Å². The molecule has 0 saturated heterocycles. The number of amides is 1. The summed E-state index contributed by atoms with van der Waals surface area (Å²) in [5.41, 5.74) is 4.74. The van der Waals surface area contributed by atoms with Crippen molar-refractivity contribution in [3.05, 3.63) is 29.6 Å². The number of nitrogens with one attached hydrogen (secondary N) is 1. The highest BCUT2D eigenvalue weighted by molar-refractivity contribution is 5.94. The van der Waals surface area contributed by atoms with Crippen LogP contribution in [-0.4, -0.2) is 23.5 Å². The lowest BCUT2D eigenvalue weighted by molar-refractivity contribution is -0.118. The number of primary amides is 1. The molecule has 0 aromatic heterocycles. The summed E-state index contributed by atoms with van der Waals surface area (Å²) in [5.74, 6) is -2.29. The molecule has 0 aliphatic rings. The summed E-state index contributed by atoms with van der Waals surface area (Å²) in [6.45, 7) is 0.282. The summed E-state index contributed by atoms with van der Waals surface area (Å²) in [6, 6.07) is 3.80. The third kappa shape index (κ3) is 3.75. The number of benzene rings is 1. The van der Waals surface area contributed by atoms with E-state index < -0.39 is 17.7 Å². The number of hydrogen-bond acceptors (Lipinski definition) is 3. The van der Waals surface area contributed by atoms with Gasteiger partial charge in [0.15, 0.2) is 0 Å². The van der Waals surface area contributed by atoms with Crippen LogP contribution in [0.1, 0.15) is 23.2 Å². The Morgan fingerprint density at radius 1 is 1.41 bits per heavy atom. The number of halogens is 1. The fraction of sp³-hybridized carbons (Fsp3) is 0.273. The Labute approximate surface area is 97.4 Å². The molecule has 0 heterocycles. The first-order valence-electron chi connectivity index (χ1n) is 5.06. The molecule has 0 unspecified atom stereocenters. The normalized spacial score (nSPS) is 9.94. The Morgan fingerprint density at radius 2 is 2.12 bits per heavy atom. The topological polar surface area (TPSA) is 92.4 Å². The largest absolute Gasteiger partial charge is 0.478 e. The van der Waals surface area contributed by atoms with Gasteiger partial charge in [-0.1, -0.05) is 6.07 Å². The van der Waals surface area contributed by atoms with Crippen molar-refractivity contribution in [2.24, 2.45) is 5.73 Å². The maximum atomic E-state index is 13.4. The van der Waals surface area contributed by atoms with Crippen LogP contribution in [0.4, 0.5) is 10.1 Å². The average Bonchev–Trinajstić information content (AvgIpc) is 2.25. The van der Waals surface area contributed by atoms with Gasteiger partial charge in [-0.2, -0.15) is 0 Å². The van der Waals surface area contributed by atoms with E-state index in [4.69, 9.17) is 10.8 Å². The molecule has 0 spiro atoms. The van der Waals surface area contributed by atoms with Crippen molar-refractivity contribution in [3.8, 4) is 0 Å². The third-order valence-corrected chi connectivity index (χ3v) is 2.15. The van der Waals surface area contributed by atoms with Gasteiger partial charge in [-0.05, 0) is 18.6 Å². The molecule has 0 aliphatic heterocycles. The van der Waals surface area contributed by atoms with Gasteiger partial charge in [0.1, 0.15) is 5.82 Å². The zero-order valence-corrected chi connectivity index (χ0v) is 9.07. The van der Waals surface area contributed by atoms with Crippen LogP contribution in [0.5, 0.6) is 0 Å². The minimum atomic E-state index is -1.21. The number of anilines is 1. The first-order chi connectivity index (χ1) is 8.02. The molecule has 1 aromatic rings. The van der Waals surface area contributed by atoms with E-state index in [2.05, 4.69) is 5.32 Å². The van der Waals surface area contributed by atoms with Crippen LogP contribution in [-0.2, 0) is 4.79 Å². The van der Waals surface area contributed by atoms with Crippen LogP contribution in [0.2, 0.25) is 0 Å². The highest BCUT2D eigenvalue weighted by Gasteiger charge is 2.13. The van der Waals surface area contributed by atoms with Crippen molar-refractivity contribution in [2.75, 3.05) is 11.9 Å². The Morgan fingerprint density at radius 3 is 2.71 bits per heavy atom. The standard InChI is InChI=1S/C11H13FN2O3/c12-8-4-1-3-7(11(16)17)10(8)14-6-2-5-9(13)15/h1,3-4,14H,2,5-6H2,(H2,13,15)(H,16,17). The molecule has 17 heavy (non-hydrogen) atoms. The molecule has 0 aliphatic carbocycles. The smallest absolute Gasteiger partial charge is 0.337 e. The lowest BCUT2D eigenvalue weighted by Crippen LogP contribution is -2.14. The third-order valence-electron chi connectivity index (χ3n) is 2.15. The summed E-state index contributed by atoms with van der Waals surface area (Å²) in [5, 5.41) is 11.5. The molecular formula is C11H13FN2O3. The molecular weight excluding hydrogens is 227 g/mol. The number of carbonyl (C=O) groups excluding carboxylic acids is 1. The Hall–Kier alpha value is -2.11. The SMILES string of the molecule is NC(=O)CCCNc1c(F)cccc1C(=O)O. The van der Waals surface area contributed by atoms with Gasteiger partial charge < -0.3 is 16.2 Å². The number of carboxylic acids is 1. The van der Waals surface area contributed by atoms with Gasteiger partial charge in [-0.3, -0.25) is 4.79 Å². The summed E-state index contributed by atoms with van der Waals surface area (Å²) >= 11 is 0. The van der Waals surface area contributed by atoms with Crippen LogP contribution >= 0.6 is 0 Å².